The van der Waals surface area contributed by atoms with Gasteiger partial charge in [0.15, 0.2) is 0 Å². The minimum absolute atomic E-state index is 0.109. The monoisotopic (exact) mass is 157 g/mol. The van der Waals surface area contributed by atoms with E-state index in [-0.39, 0.29) is 6.10 Å². The van der Waals surface area contributed by atoms with Crippen LogP contribution in [0.25, 0.3) is 0 Å². The second kappa shape index (κ2) is 3.32. The van der Waals surface area contributed by atoms with Gasteiger partial charge >= 0.3 is 0 Å². The summed E-state index contributed by atoms with van der Waals surface area (Å²) in [5.41, 5.74) is 0. The molecule has 0 aromatic rings. The smallest absolute Gasteiger partial charge is 0.135 e. The second-order valence-electron chi connectivity index (χ2n) is 3.38. The highest BCUT2D eigenvalue weighted by Crippen LogP contribution is 2.24. The molecule has 1 aliphatic rings. The molecule has 0 N–H and O–H groups in total. The average molecular weight is 157 g/mol. The highest BCUT2D eigenvalue weighted by Gasteiger charge is 2.31. The maximum Gasteiger partial charge on any atom is 0.135 e. The Morgan fingerprint density at radius 3 is 2.45 bits per heavy atom. The summed E-state index contributed by atoms with van der Waals surface area (Å²) in [6.07, 6.45) is 1.37. The molecule has 2 atom stereocenters. The zero-order valence-corrected chi connectivity index (χ0v) is 7.33. The number of carbonyl (C=O) groups excluding carboxylic acids is 1. The van der Waals surface area contributed by atoms with Gasteiger partial charge in [-0.3, -0.25) is 9.63 Å². The molecule has 64 valence electrons. The number of hydrogen-bond donors (Lipinski definition) is 0. The van der Waals surface area contributed by atoms with Gasteiger partial charge in [-0.2, -0.15) is 5.06 Å². The van der Waals surface area contributed by atoms with Crippen LogP contribution in [0.1, 0.15) is 19.8 Å². The van der Waals surface area contributed by atoms with E-state index in [9.17, 15) is 4.79 Å². The van der Waals surface area contributed by atoms with E-state index in [4.69, 9.17) is 4.84 Å². The van der Waals surface area contributed by atoms with E-state index >= 15 is 0 Å². The van der Waals surface area contributed by atoms with E-state index in [2.05, 4.69) is 6.92 Å². The summed E-state index contributed by atoms with van der Waals surface area (Å²) in [6.45, 7) is 2.05. The molecule has 0 radical (unpaired) electrons. The molecule has 0 unspecified atom stereocenters. The SMILES string of the molecule is C[C@H]1CC(=O)C[C@@H]1ON(C)C. The number of nitrogens with zero attached hydrogens (tertiary/aromatic N) is 1. The van der Waals surface area contributed by atoms with Crippen LogP contribution >= 0.6 is 0 Å². The lowest BCUT2D eigenvalue weighted by molar-refractivity contribution is -0.173. The fourth-order valence-corrected chi connectivity index (χ4v) is 1.41. The van der Waals surface area contributed by atoms with Crippen LogP contribution in [0, 0.1) is 5.92 Å². The van der Waals surface area contributed by atoms with Crippen LogP contribution in [-0.4, -0.2) is 31.0 Å². The topological polar surface area (TPSA) is 29.5 Å². The third-order valence-corrected chi connectivity index (χ3v) is 1.96. The molecule has 11 heavy (non-hydrogen) atoms. The number of Topliss-reactive ketones (excluding diaryl/α,β-unsaturated/α-hetero) is 1. The fraction of sp³-hybridized carbons (Fsp3) is 0.875. The Morgan fingerprint density at radius 2 is 2.09 bits per heavy atom. The lowest BCUT2D eigenvalue weighted by atomic mass is 10.1. The van der Waals surface area contributed by atoms with E-state index in [0.717, 1.165) is 0 Å². The van der Waals surface area contributed by atoms with Crippen LogP contribution in [0.3, 0.4) is 0 Å². The predicted octanol–water partition coefficient (Wildman–Crippen LogP) is 0.847. The lowest BCUT2D eigenvalue weighted by Gasteiger charge is -2.19. The van der Waals surface area contributed by atoms with Crippen molar-refractivity contribution in [2.24, 2.45) is 5.92 Å². The van der Waals surface area contributed by atoms with Crippen LogP contribution in [0.5, 0.6) is 0 Å². The number of rotatable bonds is 2. The van der Waals surface area contributed by atoms with Crippen molar-refractivity contribution in [3.05, 3.63) is 0 Å². The number of hydrogen-bond acceptors (Lipinski definition) is 3. The van der Waals surface area contributed by atoms with Gasteiger partial charge in [0, 0.05) is 26.9 Å². The highest BCUT2D eigenvalue weighted by atomic mass is 16.7. The van der Waals surface area contributed by atoms with Crippen molar-refractivity contribution >= 4 is 5.78 Å². The van der Waals surface area contributed by atoms with Gasteiger partial charge in [0.05, 0.1) is 6.10 Å². The van der Waals surface area contributed by atoms with Crippen molar-refractivity contribution in [3.8, 4) is 0 Å². The third kappa shape index (κ3) is 2.27. The number of ketones is 1. The molecule has 0 bridgehead atoms. The molecular formula is C8H15NO2. The van der Waals surface area contributed by atoms with E-state index in [0.29, 0.717) is 24.5 Å². The van der Waals surface area contributed by atoms with Gasteiger partial charge in [-0.05, 0) is 5.92 Å². The summed E-state index contributed by atoms with van der Waals surface area (Å²) in [4.78, 5) is 16.4. The van der Waals surface area contributed by atoms with Crippen molar-refractivity contribution in [1.82, 2.24) is 5.06 Å². The minimum Gasteiger partial charge on any atom is -0.300 e. The molecule has 0 saturated heterocycles. The molecule has 0 aromatic carbocycles. The standard InChI is InChI=1S/C8H15NO2/c1-6-4-7(10)5-8(6)11-9(2)3/h6,8H,4-5H2,1-3H3/t6-,8-/m0/s1. The first-order valence-corrected chi connectivity index (χ1v) is 3.95. The van der Waals surface area contributed by atoms with Gasteiger partial charge in [0.25, 0.3) is 0 Å². The van der Waals surface area contributed by atoms with Gasteiger partial charge in [0.2, 0.25) is 0 Å². The van der Waals surface area contributed by atoms with E-state index in [1.165, 1.54) is 0 Å². The quantitative estimate of drug-likeness (QED) is 0.556. The van der Waals surface area contributed by atoms with Gasteiger partial charge in [-0.1, -0.05) is 6.92 Å². The molecule has 1 rings (SSSR count). The van der Waals surface area contributed by atoms with Gasteiger partial charge in [-0.15, -0.1) is 0 Å². The summed E-state index contributed by atoms with van der Waals surface area (Å²) >= 11 is 0. The lowest BCUT2D eigenvalue weighted by Crippen LogP contribution is -2.24. The summed E-state index contributed by atoms with van der Waals surface area (Å²) in [7, 11) is 3.69. The third-order valence-electron chi connectivity index (χ3n) is 1.96. The largest absolute Gasteiger partial charge is 0.300 e. The van der Waals surface area contributed by atoms with Crippen molar-refractivity contribution in [2.75, 3.05) is 14.1 Å². The normalized spacial score (nSPS) is 31.8. The molecule has 0 aromatic heterocycles. The highest BCUT2D eigenvalue weighted by molar-refractivity contribution is 5.81. The Bertz CT molecular complexity index is 156. The molecule has 0 aliphatic heterocycles. The van der Waals surface area contributed by atoms with Crippen LogP contribution in [0.2, 0.25) is 0 Å². The predicted molar refractivity (Wildman–Crippen MR) is 42.0 cm³/mol. The van der Waals surface area contributed by atoms with E-state index in [1.807, 2.05) is 14.1 Å². The van der Waals surface area contributed by atoms with Crippen molar-refractivity contribution in [3.63, 3.8) is 0 Å². The summed E-state index contributed by atoms with van der Waals surface area (Å²) in [5.74, 6) is 0.703. The Kier molecular flexibility index (Phi) is 2.62. The molecule has 3 heteroatoms. The first kappa shape index (κ1) is 8.68. The first-order valence-electron chi connectivity index (χ1n) is 3.95. The van der Waals surface area contributed by atoms with Gasteiger partial charge < -0.3 is 0 Å². The maximum absolute atomic E-state index is 10.9. The van der Waals surface area contributed by atoms with E-state index < -0.39 is 0 Å². The Hall–Kier alpha value is -0.410. The molecular weight excluding hydrogens is 142 g/mol. The van der Waals surface area contributed by atoms with E-state index in [1.54, 1.807) is 5.06 Å². The molecule has 0 amide bonds. The Labute approximate surface area is 67.3 Å². The second-order valence-corrected chi connectivity index (χ2v) is 3.38. The van der Waals surface area contributed by atoms with Crippen LogP contribution in [0.15, 0.2) is 0 Å². The molecule has 0 spiro atoms. The van der Waals surface area contributed by atoms with Gasteiger partial charge in [0.1, 0.15) is 5.78 Å². The van der Waals surface area contributed by atoms with Gasteiger partial charge in [-0.25, -0.2) is 0 Å². The Balaban J connectivity index is 2.40. The molecule has 1 aliphatic carbocycles. The molecule has 1 fully saturated rings. The molecule has 3 nitrogen and oxygen atoms in total. The van der Waals surface area contributed by atoms with Crippen molar-refractivity contribution in [2.45, 2.75) is 25.9 Å². The summed E-state index contributed by atoms with van der Waals surface area (Å²) in [5, 5.41) is 1.67. The average Bonchev–Trinajstić information content (AvgIpc) is 2.09. The summed E-state index contributed by atoms with van der Waals surface area (Å²) in [6, 6.07) is 0. The molecule has 1 saturated carbocycles. The zero-order valence-electron chi connectivity index (χ0n) is 7.33. The fourth-order valence-electron chi connectivity index (χ4n) is 1.41. The van der Waals surface area contributed by atoms with Crippen LogP contribution in [0.4, 0.5) is 0 Å². The summed E-state index contributed by atoms with van der Waals surface area (Å²) < 4.78 is 0. The van der Waals surface area contributed by atoms with Crippen molar-refractivity contribution < 1.29 is 9.63 Å². The van der Waals surface area contributed by atoms with Crippen molar-refractivity contribution in [1.29, 1.82) is 0 Å². The zero-order chi connectivity index (χ0) is 8.43. The minimum atomic E-state index is 0.109. The number of hydroxylamine groups is 2. The van der Waals surface area contributed by atoms with Crippen LogP contribution in [-0.2, 0) is 9.63 Å². The first-order chi connectivity index (χ1) is 5.09. The number of carbonyl (C=O) groups is 1. The Morgan fingerprint density at radius 1 is 1.45 bits per heavy atom. The van der Waals surface area contributed by atoms with Crippen LogP contribution < -0.4 is 0 Å². The molecule has 0 heterocycles. The maximum atomic E-state index is 10.9.